The quantitative estimate of drug-likeness (QED) is 0.299. The van der Waals surface area contributed by atoms with Crippen molar-refractivity contribution in [2.45, 2.75) is 89.0 Å². The molecule has 1 aromatic heterocycles. The number of amides is 1. The molecule has 1 amide bonds. The molecule has 43 heavy (non-hydrogen) atoms. The number of likely N-dealkylation sites (tertiary alicyclic amines) is 1. The molecule has 6 nitrogen and oxygen atoms in total. The Balaban J connectivity index is 1.43. The third kappa shape index (κ3) is 5.45. The first-order chi connectivity index (χ1) is 20.4. The predicted octanol–water partition coefficient (Wildman–Crippen LogP) is 7.42. The van der Waals surface area contributed by atoms with E-state index in [1.54, 1.807) is 12.1 Å². The molecule has 0 bridgehead atoms. The van der Waals surface area contributed by atoms with Crippen molar-refractivity contribution in [2.24, 2.45) is 5.92 Å². The number of piperidine rings is 1. The topological polar surface area (TPSA) is 72.4 Å². The summed E-state index contributed by atoms with van der Waals surface area (Å²) in [6, 6.07) is 15.2. The molecule has 2 fully saturated rings. The van der Waals surface area contributed by atoms with E-state index in [0.717, 1.165) is 68.3 Å². The van der Waals surface area contributed by atoms with E-state index in [2.05, 4.69) is 60.8 Å². The van der Waals surface area contributed by atoms with E-state index in [0.29, 0.717) is 30.2 Å². The van der Waals surface area contributed by atoms with Crippen molar-refractivity contribution < 1.29 is 13.6 Å². The summed E-state index contributed by atoms with van der Waals surface area (Å²) >= 11 is 0. The van der Waals surface area contributed by atoms with Gasteiger partial charge in [0, 0.05) is 59.7 Å². The van der Waals surface area contributed by atoms with Crippen molar-refractivity contribution in [1.82, 2.24) is 14.8 Å². The molecule has 1 spiro atoms. The van der Waals surface area contributed by atoms with Crippen molar-refractivity contribution >= 4 is 25.1 Å². The van der Waals surface area contributed by atoms with E-state index in [-0.39, 0.29) is 28.2 Å². The summed E-state index contributed by atoms with van der Waals surface area (Å²) < 4.78 is 22.0. The molecule has 8 heteroatoms. The molecule has 1 atom stereocenters. The van der Waals surface area contributed by atoms with E-state index in [1.807, 2.05) is 24.3 Å². The van der Waals surface area contributed by atoms with Gasteiger partial charge in [0.2, 0.25) is 5.91 Å². The molecular weight excluding hydrogens is 555 g/mol. The minimum absolute atomic E-state index is 0.0596. The van der Waals surface area contributed by atoms with Crippen LogP contribution in [-0.4, -0.2) is 55.2 Å². The van der Waals surface area contributed by atoms with Gasteiger partial charge in [-0.1, -0.05) is 51.5 Å². The Labute approximate surface area is 256 Å². The van der Waals surface area contributed by atoms with Gasteiger partial charge in [-0.15, -0.1) is 0 Å². The number of carbonyl (C=O) groups is 1. The highest BCUT2D eigenvalue weighted by Crippen LogP contribution is 2.50. The number of H-pyrrole nitrogens is 1. The van der Waals surface area contributed by atoms with Crippen LogP contribution in [0, 0.1) is 23.1 Å². The number of nitrogens with one attached hydrogen (secondary N) is 1. The number of fused-ring (bicyclic) bond motifs is 4. The van der Waals surface area contributed by atoms with Gasteiger partial charge in [-0.3, -0.25) is 9.69 Å². The molecule has 3 heterocycles. The van der Waals surface area contributed by atoms with Crippen LogP contribution in [0.1, 0.15) is 81.3 Å². The van der Waals surface area contributed by atoms with Gasteiger partial charge in [0.05, 0.1) is 24.3 Å². The maximum atomic E-state index is 15.1. The number of nitriles is 1. The molecule has 2 aliphatic heterocycles. The van der Waals surface area contributed by atoms with Crippen molar-refractivity contribution in [1.29, 1.82) is 5.26 Å². The van der Waals surface area contributed by atoms with E-state index < -0.39 is 8.32 Å². The minimum atomic E-state index is -2.08. The fraction of sp³-hybridized carbons (Fsp3) is 0.543. The normalized spacial score (nSPS) is 21.0. The maximum absolute atomic E-state index is 15.1. The second-order valence-electron chi connectivity index (χ2n) is 14.6. The summed E-state index contributed by atoms with van der Waals surface area (Å²) in [5.74, 6) is 0.323. The van der Waals surface area contributed by atoms with Crippen LogP contribution >= 0.6 is 0 Å². The van der Waals surface area contributed by atoms with Gasteiger partial charge in [-0.25, -0.2) is 4.39 Å². The van der Waals surface area contributed by atoms with E-state index in [1.165, 1.54) is 5.56 Å². The zero-order valence-corrected chi connectivity index (χ0v) is 27.3. The van der Waals surface area contributed by atoms with Gasteiger partial charge in [0.25, 0.3) is 0 Å². The van der Waals surface area contributed by atoms with Crippen molar-refractivity contribution in [3.05, 3.63) is 70.7 Å². The van der Waals surface area contributed by atoms with Gasteiger partial charge in [0.15, 0.2) is 8.32 Å². The molecular formula is C35H45FN4O2Si. The summed E-state index contributed by atoms with van der Waals surface area (Å²) in [5.41, 5.74) is 4.48. The monoisotopic (exact) mass is 600 g/mol. The first-order valence-electron chi connectivity index (χ1n) is 15.9. The molecule has 1 saturated carbocycles. The molecule has 1 aliphatic carbocycles. The molecule has 0 radical (unpaired) electrons. The van der Waals surface area contributed by atoms with E-state index in [4.69, 9.17) is 4.43 Å². The highest BCUT2D eigenvalue weighted by atomic mass is 28.4. The molecule has 1 saturated heterocycles. The fourth-order valence-corrected chi connectivity index (χ4v) is 8.06. The Morgan fingerprint density at radius 1 is 1.16 bits per heavy atom. The average Bonchev–Trinajstić information content (AvgIpc) is 3.32. The summed E-state index contributed by atoms with van der Waals surface area (Å²) in [6.45, 7) is 14.5. The minimum Gasteiger partial charge on any atom is -0.415 e. The van der Waals surface area contributed by atoms with E-state index in [9.17, 15) is 10.1 Å². The van der Waals surface area contributed by atoms with Crippen LogP contribution in [0.15, 0.2) is 42.5 Å². The van der Waals surface area contributed by atoms with Crippen LogP contribution in [0.3, 0.4) is 0 Å². The van der Waals surface area contributed by atoms with Gasteiger partial charge in [-0.2, -0.15) is 5.26 Å². The standard InChI is InChI=1S/C35H45FN4O2Si/c1-34(2,3)43(4,5)42-22-30-32-31(27-14-13-24(20-37)19-29(27)38-32)35(23-40(30)21-26-9-6-7-12-28(26)36)15-17-39(18-16-35)33(41)25-10-8-11-25/h6-7,9,12-14,19,25,30,38H,8,10-11,15-18,21-23H2,1-5H3. The van der Waals surface area contributed by atoms with Crippen molar-refractivity contribution in [3.8, 4) is 6.07 Å². The Bertz CT molecular complexity index is 1560. The molecule has 1 unspecified atom stereocenters. The molecule has 3 aromatic rings. The van der Waals surface area contributed by atoms with E-state index >= 15 is 4.39 Å². The highest BCUT2D eigenvalue weighted by molar-refractivity contribution is 6.74. The number of carbonyl (C=O) groups excluding carboxylic acids is 1. The van der Waals surface area contributed by atoms with Gasteiger partial charge in [0.1, 0.15) is 5.82 Å². The summed E-state index contributed by atoms with van der Waals surface area (Å²) in [4.78, 5) is 21.5. The number of aromatic amines is 1. The average molecular weight is 601 g/mol. The van der Waals surface area contributed by atoms with Crippen LogP contribution in [0.4, 0.5) is 4.39 Å². The largest absolute Gasteiger partial charge is 0.415 e. The Kier molecular flexibility index (Phi) is 7.81. The lowest BCUT2D eigenvalue weighted by atomic mass is 9.68. The summed E-state index contributed by atoms with van der Waals surface area (Å²) in [7, 11) is -2.08. The smallest absolute Gasteiger partial charge is 0.225 e. The highest BCUT2D eigenvalue weighted by Gasteiger charge is 2.49. The zero-order chi connectivity index (χ0) is 30.6. The van der Waals surface area contributed by atoms with Crippen molar-refractivity contribution in [2.75, 3.05) is 26.2 Å². The second-order valence-corrected chi connectivity index (χ2v) is 19.4. The number of hydrogen-bond acceptors (Lipinski definition) is 4. The number of halogens is 1. The van der Waals surface area contributed by atoms with Gasteiger partial charge in [-0.05, 0) is 67.6 Å². The fourth-order valence-electron chi connectivity index (χ4n) is 7.05. The molecule has 6 rings (SSSR count). The number of nitrogens with zero attached hydrogens (tertiary/aromatic N) is 3. The van der Waals surface area contributed by atoms with Crippen molar-refractivity contribution in [3.63, 3.8) is 0 Å². The van der Waals surface area contributed by atoms with Crippen LogP contribution in [0.5, 0.6) is 0 Å². The second kappa shape index (κ2) is 11.2. The number of rotatable bonds is 6. The Morgan fingerprint density at radius 2 is 1.88 bits per heavy atom. The van der Waals surface area contributed by atoms with Crippen LogP contribution in [0.2, 0.25) is 18.1 Å². The summed E-state index contributed by atoms with van der Waals surface area (Å²) in [6.07, 6.45) is 4.89. The van der Waals surface area contributed by atoms with Crippen LogP contribution < -0.4 is 0 Å². The summed E-state index contributed by atoms with van der Waals surface area (Å²) in [5, 5.41) is 10.9. The number of benzene rings is 2. The first-order valence-corrected chi connectivity index (χ1v) is 18.8. The lowest BCUT2D eigenvalue weighted by molar-refractivity contribution is -0.140. The number of hydrogen-bond donors (Lipinski definition) is 1. The molecule has 3 aliphatic rings. The lowest BCUT2D eigenvalue weighted by Gasteiger charge is -2.51. The van der Waals surface area contributed by atoms with Crippen LogP contribution in [0.25, 0.3) is 10.9 Å². The van der Waals surface area contributed by atoms with Gasteiger partial charge >= 0.3 is 0 Å². The third-order valence-corrected chi connectivity index (χ3v) is 15.5. The van der Waals surface area contributed by atoms with Gasteiger partial charge < -0.3 is 14.3 Å². The predicted molar refractivity (Wildman–Crippen MR) is 171 cm³/mol. The third-order valence-electron chi connectivity index (χ3n) is 11.0. The molecule has 228 valence electrons. The zero-order valence-electron chi connectivity index (χ0n) is 26.3. The molecule has 2 aromatic carbocycles. The lowest BCUT2D eigenvalue weighted by Crippen LogP contribution is -2.55. The Hall–Kier alpha value is -2.99. The number of aromatic nitrogens is 1. The maximum Gasteiger partial charge on any atom is 0.225 e. The molecule has 1 N–H and O–H groups in total. The Morgan fingerprint density at radius 3 is 2.51 bits per heavy atom. The van der Waals surface area contributed by atoms with Crippen LogP contribution in [-0.2, 0) is 21.2 Å². The first kappa shape index (κ1) is 30.1. The SMILES string of the molecule is CC(C)(C)[Si](C)(C)OCC1c2[nH]c3cc(C#N)ccc3c2C2(CCN(C(=O)C3CCC3)CC2)CN1Cc1ccccc1F.